The molecule has 5 heteroatoms. The Kier molecular flexibility index (Phi) is 7.62. The predicted octanol–water partition coefficient (Wildman–Crippen LogP) is 2.89. The van der Waals surface area contributed by atoms with Gasteiger partial charge < -0.3 is 10.1 Å². The lowest BCUT2D eigenvalue weighted by atomic mass is 9.99. The third-order valence-corrected chi connectivity index (χ3v) is 3.93. The molecule has 1 N–H and O–H groups in total. The maximum absolute atomic E-state index is 12.1. The zero-order valence-electron chi connectivity index (χ0n) is 12.5. The van der Waals surface area contributed by atoms with Crippen molar-refractivity contribution in [3.05, 3.63) is 24.4 Å². The molecule has 0 amide bonds. The van der Waals surface area contributed by atoms with Crippen LogP contribution in [0.1, 0.15) is 33.6 Å². The molecular formula is C15H24N2O2S. The molecule has 1 aromatic rings. The van der Waals surface area contributed by atoms with Gasteiger partial charge in [0.2, 0.25) is 0 Å². The van der Waals surface area contributed by atoms with Crippen LogP contribution in [0.25, 0.3) is 0 Å². The molecule has 1 atom stereocenters. The molecule has 0 radical (unpaired) electrons. The second kappa shape index (κ2) is 8.97. The lowest BCUT2D eigenvalue weighted by Gasteiger charge is -2.28. The minimum Gasteiger partial charge on any atom is -0.465 e. The normalized spacial score (nSPS) is 13.8. The number of nitrogens with zero attached hydrogens (tertiary/aromatic N) is 1. The fraction of sp³-hybridized carbons (Fsp3) is 0.600. The van der Waals surface area contributed by atoms with Gasteiger partial charge in [0.25, 0.3) is 0 Å². The Morgan fingerprint density at radius 3 is 2.85 bits per heavy atom. The molecule has 0 bridgehead atoms. The van der Waals surface area contributed by atoms with Gasteiger partial charge in [0.15, 0.2) is 0 Å². The van der Waals surface area contributed by atoms with Crippen LogP contribution in [-0.2, 0) is 9.53 Å². The van der Waals surface area contributed by atoms with Gasteiger partial charge in [0.05, 0.1) is 11.6 Å². The van der Waals surface area contributed by atoms with E-state index in [1.54, 1.807) is 18.0 Å². The number of carbonyl (C=O) groups excluding carboxylic acids is 1. The number of ether oxygens (including phenoxy) is 1. The largest absolute Gasteiger partial charge is 0.465 e. The number of carbonyl (C=O) groups is 1. The lowest BCUT2D eigenvalue weighted by Crippen LogP contribution is -2.51. The Hall–Kier alpha value is -1.07. The molecule has 0 fully saturated rings. The molecule has 112 valence electrons. The molecule has 1 rings (SSSR count). The fourth-order valence-electron chi connectivity index (χ4n) is 1.75. The van der Waals surface area contributed by atoms with Gasteiger partial charge in [0, 0.05) is 11.9 Å². The van der Waals surface area contributed by atoms with Crippen molar-refractivity contribution in [1.82, 2.24) is 10.3 Å². The Balaban J connectivity index is 2.53. The van der Waals surface area contributed by atoms with Crippen LogP contribution in [0.4, 0.5) is 0 Å². The van der Waals surface area contributed by atoms with Crippen LogP contribution in [-0.4, -0.2) is 35.4 Å². The van der Waals surface area contributed by atoms with Crippen molar-refractivity contribution >= 4 is 17.7 Å². The molecule has 0 aliphatic rings. The highest BCUT2D eigenvalue weighted by Crippen LogP contribution is 2.21. The molecule has 0 aromatic carbocycles. The van der Waals surface area contributed by atoms with Crippen LogP contribution in [0.2, 0.25) is 0 Å². The minimum absolute atomic E-state index is 0.171. The topological polar surface area (TPSA) is 51.2 Å². The van der Waals surface area contributed by atoms with Gasteiger partial charge in [-0.1, -0.05) is 13.0 Å². The molecule has 20 heavy (non-hydrogen) atoms. The van der Waals surface area contributed by atoms with Gasteiger partial charge in [0.1, 0.15) is 5.54 Å². The standard InChI is InChI=1S/C15H24N2O2S/c1-4-10-17-15(3,14(18)19-5-2)9-12-20-13-8-6-7-11-16-13/h6-8,11,17H,4-5,9-10,12H2,1-3H3. The van der Waals surface area contributed by atoms with Crippen LogP contribution in [0.3, 0.4) is 0 Å². The quantitative estimate of drug-likeness (QED) is 0.561. The number of hydrogen-bond acceptors (Lipinski definition) is 5. The van der Waals surface area contributed by atoms with Crippen LogP contribution in [0.15, 0.2) is 29.4 Å². The molecule has 0 saturated carbocycles. The molecule has 1 aromatic heterocycles. The van der Waals surface area contributed by atoms with Crippen molar-refractivity contribution in [3.8, 4) is 0 Å². The average Bonchev–Trinajstić information content (AvgIpc) is 2.46. The smallest absolute Gasteiger partial charge is 0.326 e. The van der Waals surface area contributed by atoms with E-state index >= 15 is 0 Å². The Bertz CT molecular complexity index is 400. The third-order valence-electron chi connectivity index (χ3n) is 2.98. The number of rotatable bonds is 9. The average molecular weight is 296 g/mol. The van der Waals surface area contributed by atoms with Crippen molar-refractivity contribution < 1.29 is 9.53 Å². The predicted molar refractivity (Wildman–Crippen MR) is 82.9 cm³/mol. The number of nitrogens with one attached hydrogen (secondary N) is 1. The summed E-state index contributed by atoms with van der Waals surface area (Å²) in [6.45, 7) is 7.06. The van der Waals surface area contributed by atoms with E-state index in [1.165, 1.54) is 0 Å². The monoisotopic (exact) mass is 296 g/mol. The van der Waals surface area contributed by atoms with E-state index in [4.69, 9.17) is 4.74 Å². The first-order valence-electron chi connectivity index (χ1n) is 7.08. The van der Waals surface area contributed by atoms with Gasteiger partial charge >= 0.3 is 5.97 Å². The van der Waals surface area contributed by atoms with Gasteiger partial charge in [-0.05, 0) is 45.4 Å². The van der Waals surface area contributed by atoms with E-state index in [0.717, 1.165) is 23.7 Å². The van der Waals surface area contributed by atoms with E-state index < -0.39 is 5.54 Å². The number of pyridine rings is 1. The van der Waals surface area contributed by atoms with Crippen molar-refractivity contribution in [1.29, 1.82) is 0 Å². The summed E-state index contributed by atoms with van der Waals surface area (Å²) in [6.07, 6.45) is 3.48. The number of hydrogen-bond donors (Lipinski definition) is 1. The summed E-state index contributed by atoms with van der Waals surface area (Å²) in [5, 5.41) is 4.29. The molecule has 0 aliphatic heterocycles. The van der Waals surface area contributed by atoms with E-state index in [9.17, 15) is 4.79 Å². The Labute approximate surface area is 125 Å². The molecule has 4 nitrogen and oxygen atoms in total. The van der Waals surface area contributed by atoms with E-state index in [-0.39, 0.29) is 5.97 Å². The first-order chi connectivity index (χ1) is 9.62. The maximum Gasteiger partial charge on any atom is 0.326 e. The second-order valence-electron chi connectivity index (χ2n) is 4.75. The summed E-state index contributed by atoms with van der Waals surface area (Å²) in [6, 6.07) is 5.84. The summed E-state index contributed by atoms with van der Waals surface area (Å²) >= 11 is 1.66. The summed E-state index contributed by atoms with van der Waals surface area (Å²) in [5.74, 6) is 0.651. The molecule has 0 spiro atoms. The van der Waals surface area contributed by atoms with Crippen molar-refractivity contribution in [2.75, 3.05) is 18.9 Å². The molecule has 1 heterocycles. The van der Waals surface area contributed by atoms with Crippen LogP contribution in [0, 0.1) is 0 Å². The third kappa shape index (κ3) is 5.51. The van der Waals surface area contributed by atoms with Crippen molar-refractivity contribution in [2.24, 2.45) is 0 Å². The summed E-state index contributed by atoms with van der Waals surface area (Å²) in [5.41, 5.74) is -0.617. The van der Waals surface area contributed by atoms with E-state index in [1.807, 2.05) is 32.0 Å². The van der Waals surface area contributed by atoms with Gasteiger partial charge in [-0.25, -0.2) is 4.98 Å². The second-order valence-corrected chi connectivity index (χ2v) is 5.86. The van der Waals surface area contributed by atoms with Gasteiger partial charge in [-0.2, -0.15) is 0 Å². The highest BCUT2D eigenvalue weighted by molar-refractivity contribution is 7.99. The van der Waals surface area contributed by atoms with E-state index in [2.05, 4.69) is 17.2 Å². The molecule has 1 unspecified atom stereocenters. The minimum atomic E-state index is -0.617. The highest BCUT2D eigenvalue weighted by atomic mass is 32.2. The Morgan fingerprint density at radius 1 is 1.45 bits per heavy atom. The zero-order valence-corrected chi connectivity index (χ0v) is 13.3. The lowest BCUT2D eigenvalue weighted by molar-refractivity contribution is -0.150. The maximum atomic E-state index is 12.1. The summed E-state index contributed by atoms with van der Waals surface area (Å²) in [4.78, 5) is 16.4. The highest BCUT2D eigenvalue weighted by Gasteiger charge is 2.33. The molecule has 0 saturated heterocycles. The van der Waals surface area contributed by atoms with Gasteiger partial charge in [-0.3, -0.25) is 4.79 Å². The SMILES string of the molecule is CCCNC(C)(CCSc1ccccn1)C(=O)OCC. The van der Waals surface area contributed by atoms with Gasteiger partial charge in [-0.15, -0.1) is 11.8 Å². The first-order valence-corrected chi connectivity index (χ1v) is 8.07. The number of aromatic nitrogens is 1. The van der Waals surface area contributed by atoms with Crippen LogP contribution < -0.4 is 5.32 Å². The zero-order chi connectivity index (χ0) is 14.8. The number of esters is 1. The van der Waals surface area contributed by atoms with Crippen molar-refractivity contribution in [2.45, 2.75) is 44.2 Å². The van der Waals surface area contributed by atoms with Crippen LogP contribution in [0.5, 0.6) is 0 Å². The molecular weight excluding hydrogens is 272 g/mol. The first kappa shape index (κ1) is 17.0. The molecule has 0 aliphatic carbocycles. The summed E-state index contributed by atoms with van der Waals surface area (Å²) in [7, 11) is 0. The number of thioether (sulfide) groups is 1. The van der Waals surface area contributed by atoms with Crippen molar-refractivity contribution in [3.63, 3.8) is 0 Å². The van der Waals surface area contributed by atoms with Crippen LogP contribution >= 0.6 is 11.8 Å². The Morgan fingerprint density at radius 2 is 2.25 bits per heavy atom. The van der Waals surface area contributed by atoms with E-state index in [0.29, 0.717) is 13.0 Å². The fourth-order valence-corrected chi connectivity index (χ4v) is 2.78. The summed E-state index contributed by atoms with van der Waals surface area (Å²) < 4.78 is 5.18.